The Morgan fingerprint density at radius 3 is 2.61 bits per heavy atom. The van der Waals surface area contributed by atoms with Crippen LogP contribution >= 0.6 is 22.9 Å². The number of carbonyl (C=O) groups excluding carboxylic acids is 1. The molecule has 10 heteroatoms. The number of hydrogen-bond donors (Lipinski definition) is 3. The van der Waals surface area contributed by atoms with E-state index in [4.69, 9.17) is 11.6 Å². The summed E-state index contributed by atoms with van der Waals surface area (Å²) in [7, 11) is -1.22. The molecule has 3 rings (SSSR count). The number of nitrogens with one attached hydrogen (secondary N) is 2. The zero-order valence-electron chi connectivity index (χ0n) is 18.1. The van der Waals surface area contributed by atoms with Crippen molar-refractivity contribution < 1.29 is 18.9 Å². The molecule has 0 aliphatic carbocycles. The van der Waals surface area contributed by atoms with Crippen LogP contribution in [-0.2, 0) is 20.4 Å². The normalized spacial score (nSPS) is 12.8. The Morgan fingerprint density at radius 2 is 1.94 bits per heavy atom. The van der Waals surface area contributed by atoms with Crippen LogP contribution in [0.15, 0.2) is 53.4 Å². The zero-order valence-corrected chi connectivity index (χ0v) is 20.5. The molecule has 0 spiro atoms. The van der Waals surface area contributed by atoms with Gasteiger partial charge in [0.2, 0.25) is 5.91 Å². The number of carboxylic acids is 1. The van der Waals surface area contributed by atoms with Crippen molar-refractivity contribution in [1.29, 1.82) is 0 Å². The number of aromatic nitrogens is 1. The molecule has 3 aromatic rings. The first-order valence-corrected chi connectivity index (χ1v) is 12.9. The van der Waals surface area contributed by atoms with E-state index in [0.717, 1.165) is 16.1 Å². The molecule has 0 saturated heterocycles. The van der Waals surface area contributed by atoms with Crippen LogP contribution in [0.2, 0.25) is 5.02 Å². The number of nitrogens with zero attached hydrogens (tertiary/aromatic N) is 1. The van der Waals surface area contributed by atoms with Crippen LogP contribution in [0.3, 0.4) is 0 Å². The summed E-state index contributed by atoms with van der Waals surface area (Å²) in [5, 5.41) is 16.1. The van der Waals surface area contributed by atoms with Gasteiger partial charge in [-0.25, -0.2) is 4.98 Å². The van der Waals surface area contributed by atoms with E-state index in [1.807, 2.05) is 19.1 Å². The minimum Gasteiger partial charge on any atom is -0.480 e. The summed E-state index contributed by atoms with van der Waals surface area (Å²) in [5.41, 5.74) is 2.25. The van der Waals surface area contributed by atoms with Gasteiger partial charge in [-0.3, -0.25) is 13.8 Å². The quantitative estimate of drug-likeness (QED) is 0.346. The maximum Gasteiger partial charge on any atom is 0.325 e. The monoisotopic (exact) mass is 505 g/mol. The SMILES string of the molecule is Cc1nc(NC(=O)CCCNC(C(=O)O)c2ccccc2)sc1-c1ccc(Cl)c(S(C)=O)c1. The molecule has 2 unspecified atom stereocenters. The van der Waals surface area contributed by atoms with Crippen LogP contribution in [0.25, 0.3) is 10.4 Å². The molecule has 33 heavy (non-hydrogen) atoms. The van der Waals surface area contributed by atoms with Crippen LogP contribution in [-0.4, -0.2) is 39.0 Å². The average molecular weight is 506 g/mol. The molecule has 0 saturated carbocycles. The first kappa shape index (κ1) is 25.0. The van der Waals surface area contributed by atoms with Crippen molar-refractivity contribution in [3.63, 3.8) is 0 Å². The number of aliphatic carboxylic acids is 1. The summed E-state index contributed by atoms with van der Waals surface area (Å²) >= 11 is 7.46. The molecule has 2 atom stereocenters. The maximum atomic E-state index is 12.4. The Balaban J connectivity index is 1.56. The number of thiazole rings is 1. The lowest BCUT2D eigenvalue weighted by molar-refractivity contribution is -0.139. The van der Waals surface area contributed by atoms with Gasteiger partial charge in [-0.15, -0.1) is 0 Å². The van der Waals surface area contributed by atoms with Gasteiger partial charge in [0.1, 0.15) is 6.04 Å². The Morgan fingerprint density at radius 1 is 1.21 bits per heavy atom. The molecule has 0 fully saturated rings. The van der Waals surface area contributed by atoms with E-state index < -0.39 is 22.8 Å². The summed E-state index contributed by atoms with van der Waals surface area (Å²) < 4.78 is 11.9. The molecular weight excluding hydrogens is 482 g/mol. The number of aryl methyl sites for hydroxylation is 1. The van der Waals surface area contributed by atoms with E-state index in [-0.39, 0.29) is 12.3 Å². The number of carboxylic acid groups (broad SMARTS) is 1. The number of rotatable bonds is 10. The molecule has 3 N–H and O–H groups in total. The molecule has 1 aromatic heterocycles. The molecule has 0 aliphatic rings. The summed E-state index contributed by atoms with van der Waals surface area (Å²) in [6.07, 6.45) is 2.27. The van der Waals surface area contributed by atoms with Crippen LogP contribution < -0.4 is 10.6 Å². The Bertz CT molecular complexity index is 1170. The highest BCUT2D eigenvalue weighted by molar-refractivity contribution is 7.84. The van der Waals surface area contributed by atoms with Gasteiger partial charge in [-0.05, 0) is 43.1 Å². The van der Waals surface area contributed by atoms with Crippen molar-refractivity contribution in [2.75, 3.05) is 18.1 Å². The van der Waals surface area contributed by atoms with Crippen molar-refractivity contribution >= 4 is 50.7 Å². The third-order valence-electron chi connectivity index (χ3n) is 4.85. The van der Waals surface area contributed by atoms with Crippen LogP contribution in [0, 0.1) is 6.92 Å². The highest BCUT2D eigenvalue weighted by Crippen LogP contribution is 2.35. The molecule has 7 nitrogen and oxygen atoms in total. The van der Waals surface area contributed by atoms with Gasteiger partial charge in [0.15, 0.2) is 5.13 Å². The van der Waals surface area contributed by atoms with Crippen molar-refractivity contribution in [2.24, 2.45) is 0 Å². The Labute approximate surface area is 203 Å². The number of benzene rings is 2. The fraction of sp³-hybridized carbons (Fsp3) is 0.261. The number of hydrogen-bond acceptors (Lipinski definition) is 6. The van der Waals surface area contributed by atoms with Gasteiger partial charge >= 0.3 is 5.97 Å². The molecule has 0 aliphatic heterocycles. The van der Waals surface area contributed by atoms with Crippen LogP contribution in [0.4, 0.5) is 5.13 Å². The molecule has 1 heterocycles. The van der Waals surface area contributed by atoms with Crippen LogP contribution in [0.5, 0.6) is 0 Å². The second-order valence-electron chi connectivity index (χ2n) is 7.32. The summed E-state index contributed by atoms with van der Waals surface area (Å²) in [6, 6.07) is 13.4. The van der Waals surface area contributed by atoms with E-state index in [2.05, 4.69) is 15.6 Å². The minimum absolute atomic E-state index is 0.199. The van der Waals surface area contributed by atoms with Gasteiger partial charge in [0, 0.05) is 12.7 Å². The van der Waals surface area contributed by atoms with Crippen LogP contribution in [0.1, 0.15) is 30.1 Å². The summed E-state index contributed by atoms with van der Waals surface area (Å²) in [5.74, 6) is -1.16. The highest BCUT2D eigenvalue weighted by Gasteiger charge is 2.19. The number of amides is 1. The third kappa shape index (κ3) is 6.70. The van der Waals surface area contributed by atoms with E-state index in [9.17, 15) is 18.9 Å². The van der Waals surface area contributed by atoms with Gasteiger partial charge in [-0.2, -0.15) is 0 Å². The predicted molar refractivity (Wildman–Crippen MR) is 132 cm³/mol. The second kappa shape index (κ2) is 11.5. The van der Waals surface area contributed by atoms with Gasteiger partial charge in [-0.1, -0.05) is 59.3 Å². The number of halogens is 1. The topological polar surface area (TPSA) is 108 Å². The van der Waals surface area contributed by atoms with Gasteiger partial charge in [0.25, 0.3) is 0 Å². The maximum absolute atomic E-state index is 12.4. The average Bonchev–Trinajstić information content (AvgIpc) is 3.13. The highest BCUT2D eigenvalue weighted by atomic mass is 35.5. The molecular formula is C23H24ClN3O4S2. The second-order valence-corrected chi connectivity index (χ2v) is 10.1. The number of anilines is 1. The molecule has 174 valence electrons. The van der Waals surface area contributed by atoms with E-state index in [1.54, 1.807) is 42.7 Å². The lowest BCUT2D eigenvalue weighted by Gasteiger charge is -2.14. The first-order chi connectivity index (χ1) is 15.8. The van der Waals surface area contributed by atoms with Crippen molar-refractivity contribution in [2.45, 2.75) is 30.7 Å². The Kier molecular flexibility index (Phi) is 8.74. The van der Waals surface area contributed by atoms with E-state index in [1.165, 1.54) is 11.3 Å². The molecule has 0 bridgehead atoms. The lowest BCUT2D eigenvalue weighted by atomic mass is 10.1. The fourth-order valence-corrected chi connectivity index (χ4v) is 5.31. The standard InChI is InChI=1S/C23H24ClN3O4S2/c1-14-21(16-10-11-17(24)18(13-16)33(2)31)32-23(26-14)27-19(28)9-6-12-25-20(22(29)30)15-7-4-3-5-8-15/h3-5,7-8,10-11,13,20,25H,6,9,12H2,1-2H3,(H,29,30)(H,26,27,28). The summed E-state index contributed by atoms with van der Waals surface area (Å²) in [6.45, 7) is 2.22. The predicted octanol–water partition coefficient (Wildman–Crippen LogP) is 4.64. The van der Waals surface area contributed by atoms with Crippen molar-refractivity contribution in [3.05, 3.63) is 64.8 Å². The van der Waals surface area contributed by atoms with Gasteiger partial charge in [0.05, 0.1) is 31.3 Å². The minimum atomic E-state index is -1.22. The Hall–Kier alpha value is -2.59. The summed E-state index contributed by atoms with van der Waals surface area (Å²) in [4.78, 5) is 29.7. The van der Waals surface area contributed by atoms with E-state index in [0.29, 0.717) is 33.6 Å². The van der Waals surface area contributed by atoms with Crippen molar-refractivity contribution in [3.8, 4) is 10.4 Å². The molecule has 1 amide bonds. The molecule has 0 radical (unpaired) electrons. The number of carbonyl (C=O) groups is 2. The lowest BCUT2D eigenvalue weighted by Crippen LogP contribution is -2.29. The zero-order chi connectivity index (χ0) is 24.0. The first-order valence-electron chi connectivity index (χ1n) is 10.2. The van der Waals surface area contributed by atoms with Crippen molar-refractivity contribution in [1.82, 2.24) is 10.3 Å². The smallest absolute Gasteiger partial charge is 0.325 e. The molecule has 2 aromatic carbocycles. The third-order valence-corrected chi connectivity index (χ3v) is 7.38. The van der Waals surface area contributed by atoms with Gasteiger partial charge < -0.3 is 15.7 Å². The van der Waals surface area contributed by atoms with E-state index >= 15 is 0 Å². The largest absolute Gasteiger partial charge is 0.480 e. The fourth-order valence-electron chi connectivity index (χ4n) is 3.25.